The second-order valence-corrected chi connectivity index (χ2v) is 5.05. The van der Waals surface area contributed by atoms with Crippen LogP contribution in [0.3, 0.4) is 0 Å². The Morgan fingerprint density at radius 3 is 3.10 bits per heavy atom. The number of carbonyl (C=O) groups is 2. The summed E-state index contributed by atoms with van der Waals surface area (Å²) >= 11 is 0. The van der Waals surface area contributed by atoms with Crippen LogP contribution in [-0.4, -0.2) is 44.9 Å². The van der Waals surface area contributed by atoms with E-state index in [1.807, 2.05) is 12.1 Å². The first kappa shape index (κ1) is 12.7. The molecule has 1 saturated heterocycles. The summed E-state index contributed by atoms with van der Waals surface area (Å²) in [6.07, 6.45) is 4.30. The van der Waals surface area contributed by atoms with Crippen molar-refractivity contribution >= 4 is 22.9 Å². The van der Waals surface area contributed by atoms with Crippen molar-refractivity contribution in [3.63, 3.8) is 0 Å². The van der Waals surface area contributed by atoms with Crippen LogP contribution in [0.25, 0.3) is 11.0 Å². The predicted octanol–water partition coefficient (Wildman–Crippen LogP) is 1.04. The van der Waals surface area contributed by atoms with E-state index in [-0.39, 0.29) is 12.3 Å². The minimum atomic E-state index is -0.823. The van der Waals surface area contributed by atoms with Crippen molar-refractivity contribution in [1.82, 2.24) is 14.9 Å². The van der Waals surface area contributed by atoms with Gasteiger partial charge in [-0.2, -0.15) is 0 Å². The number of H-pyrrole nitrogens is 1. The van der Waals surface area contributed by atoms with Gasteiger partial charge in [0.15, 0.2) is 0 Å². The Labute approximate surface area is 115 Å². The van der Waals surface area contributed by atoms with Gasteiger partial charge in [0, 0.05) is 30.9 Å². The zero-order valence-electron chi connectivity index (χ0n) is 10.9. The molecule has 0 bridgehead atoms. The number of fused-ring (bicyclic) bond motifs is 1. The number of hydrogen-bond donors (Lipinski definition) is 2. The molecule has 1 atom stereocenters. The number of aliphatic carboxylic acids is 1. The third-order valence-corrected chi connectivity index (χ3v) is 3.77. The van der Waals surface area contributed by atoms with Crippen LogP contribution in [0.5, 0.6) is 0 Å². The van der Waals surface area contributed by atoms with Crippen molar-refractivity contribution < 1.29 is 14.7 Å². The maximum absolute atomic E-state index is 12.2. The van der Waals surface area contributed by atoms with Crippen LogP contribution in [0, 0.1) is 5.92 Å². The third kappa shape index (κ3) is 2.24. The highest BCUT2D eigenvalue weighted by Gasteiger charge is 2.30. The summed E-state index contributed by atoms with van der Waals surface area (Å²) in [7, 11) is 0. The second-order valence-electron chi connectivity index (χ2n) is 5.05. The topological polar surface area (TPSA) is 86.3 Å². The lowest BCUT2D eigenvalue weighted by atomic mass is 10.1. The largest absolute Gasteiger partial charge is 0.481 e. The van der Waals surface area contributed by atoms with Gasteiger partial charge < -0.3 is 15.0 Å². The van der Waals surface area contributed by atoms with Crippen molar-refractivity contribution in [2.24, 2.45) is 5.92 Å². The molecule has 1 fully saturated rings. The lowest BCUT2D eigenvalue weighted by molar-refractivity contribution is -0.141. The number of rotatable bonds is 3. The number of carboxylic acids is 1. The molecule has 0 radical (unpaired) electrons. The molecule has 0 aromatic carbocycles. The molecular weight excluding hydrogens is 258 g/mol. The van der Waals surface area contributed by atoms with Gasteiger partial charge in [0.25, 0.3) is 0 Å². The fraction of sp³-hybridized carbons (Fsp3) is 0.357. The lowest BCUT2D eigenvalue weighted by Crippen LogP contribution is -2.31. The minimum Gasteiger partial charge on any atom is -0.481 e. The second kappa shape index (κ2) is 4.96. The van der Waals surface area contributed by atoms with Gasteiger partial charge in [0.2, 0.25) is 5.91 Å². The smallest absolute Gasteiger partial charge is 0.308 e. The van der Waals surface area contributed by atoms with Crippen LogP contribution >= 0.6 is 0 Å². The lowest BCUT2D eigenvalue weighted by Gasteiger charge is -2.15. The summed E-state index contributed by atoms with van der Waals surface area (Å²) in [6, 6.07) is 3.76. The van der Waals surface area contributed by atoms with Crippen LogP contribution in [-0.2, 0) is 16.0 Å². The van der Waals surface area contributed by atoms with Crippen LogP contribution in [0.2, 0.25) is 0 Å². The monoisotopic (exact) mass is 273 g/mol. The minimum absolute atomic E-state index is 0.0292. The quantitative estimate of drug-likeness (QED) is 0.874. The molecule has 6 heteroatoms. The number of nitrogens with zero attached hydrogens (tertiary/aromatic N) is 2. The summed E-state index contributed by atoms with van der Waals surface area (Å²) in [5, 5.41) is 9.90. The molecule has 3 heterocycles. The summed E-state index contributed by atoms with van der Waals surface area (Å²) in [4.78, 5) is 32.0. The van der Waals surface area contributed by atoms with Gasteiger partial charge in [0.05, 0.1) is 12.3 Å². The van der Waals surface area contributed by atoms with Crippen molar-refractivity contribution in [1.29, 1.82) is 0 Å². The van der Waals surface area contributed by atoms with E-state index in [9.17, 15) is 9.59 Å². The molecule has 0 saturated carbocycles. The van der Waals surface area contributed by atoms with Gasteiger partial charge in [-0.15, -0.1) is 0 Å². The Bertz CT molecular complexity index is 664. The average molecular weight is 273 g/mol. The van der Waals surface area contributed by atoms with Gasteiger partial charge in [-0.3, -0.25) is 9.59 Å². The number of amides is 1. The third-order valence-electron chi connectivity index (χ3n) is 3.77. The molecule has 1 amide bonds. The molecule has 20 heavy (non-hydrogen) atoms. The van der Waals surface area contributed by atoms with E-state index in [1.54, 1.807) is 17.3 Å². The van der Waals surface area contributed by atoms with Crippen molar-refractivity contribution in [3.05, 3.63) is 30.1 Å². The van der Waals surface area contributed by atoms with Gasteiger partial charge in [-0.05, 0) is 24.1 Å². The van der Waals surface area contributed by atoms with Crippen LogP contribution in [0.4, 0.5) is 0 Å². The molecule has 104 valence electrons. The van der Waals surface area contributed by atoms with Gasteiger partial charge in [-0.25, -0.2) is 4.98 Å². The number of aromatic nitrogens is 2. The van der Waals surface area contributed by atoms with Crippen molar-refractivity contribution in [2.75, 3.05) is 13.1 Å². The van der Waals surface area contributed by atoms with Crippen molar-refractivity contribution in [3.8, 4) is 0 Å². The van der Waals surface area contributed by atoms with Crippen LogP contribution in [0.1, 0.15) is 12.0 Å². The molecule has 1 aliphatic heterocycles. The number of nitrogens with one attached hydrogen (secondary N) is 1. The Balaban J connectivity index is 1.72. The number of aromatic amines is 1. The normalized spacial score (nSPS) is 18.6. The summed E-state index contributed by atoms with van der Waals surface area (Å²) in [6.45, 7) is 0.838. The number of hydrogen-bond acceptors (Lipinski definition) is 3. The molecule has 2 aromatic rings. The molecule has 2 aromatic heterocycles. The molecule has 0 aliphatic carbocycles. The maximum Gasteiger partial charge on any atom is 0.308 e. The zero-order valence-corrected chi connectivity index (χ0v) is 10.9. The van der Waals surface area contributed by atoms with E-state index >= 15 is 0 Å². The Morgan fingerprint density at radius 1 is 1.50 bits per heavy atom. The van der Waals surface area contributed by atoms with E-state index in [4.69, 9.17) is 5.11 Å². The first-order valence-corrected chi connectivity index (χ1v) is 6.56. The number of carboxylic acid groups (broad SMARTS) is 1. The Hall–Kier alpha value is -2.37. The molecule has 6 nitrogen and oxygen atoms in total. The summed E-state index contributed by atoms with van der Waals surface area (Å²) in [5.41, 5.74) is 1.66. The molecule has 0 spiro atoms. The highest BCUT2D eigenvalue weighted by molar-refractivity contribution is 5.87. The fourth-order valence-electron chi connectivity index (χ4n) is 2.62. The first-order valence-electron chi connectivity index (χ1n) is 6.56. The predicted molar refractivity (Wildman–Crippen MR) is 72.1 cm³/mol. The molecule has 2 N–H and O–H groups in total. The average Bonchev–Trinajstić information content (AvgIpc) is 3.06. The van der Waals surface area contributed by atoms with E-state index in [0.717, 1.165) is 16.6 Å². The van der Waals surface area contributed by atoms with E-state index < -0.39 is 11.9 Å². The fourth-order valence-corrected chi connectivity index (χ4v) is 2.62. The SMILES string of the molecule is O=C(O)[C@@H]1CCN(C(=O)Cc2c[nH]c3ncccc23)C1. The zero-order chi connectivity index (χ0) is 14.1. The van der Waals surface area contributed by atoms with Gasteiger partial charge >= 0.3 is 5.97 Å². The number of carbonyl (C=O) groups excluding carboxylic acids is 1. The van der Waals surface area contributed by atoms with Crippen LogP contribution in [0.15, 0.2) is 24.5 Å². The summed E-state index contributed by atoms with van der Waals surface area (Å²) < 4.78 is 0. The number of pyridine rings is 1. The number of likely N-dealkylation sites (tertiary alicyclic amines) is 1. The molecular formula is C14H15N3O3. The van der Waals surface area contributed by atoms with E-state index in [2.05, 4.69) is 9.97 Å². The van der Waals surface area contributed by atoms with Gasteiger partial charge in [-0.1, -0.05) is 0 Å². The highest BCUT2D eigenvalue weighted by Crippen LogP contribution is 2.20. The summed E-state index contributed by atoms with van der Waals surface area (Å²) in [5.74, 6) is -1.28. The van der Waals surface area contributed by atoms with Gasteiger partial charge in [0.1, 0.15) is 5.65 Å². The standard InChI is InChI=1S/C14H15N3O3/c18-12(17-5-3-9(8-17)14(19)20)6-10-7-16-13-11(10)2-1-4-15-13/h1-2,4,7,9H,3,5-6,8H2,(H,15,16)(H,19,20)/t9-/m1/s1. The Kier molecular flexibility index (Phi) is 3.14. The van der Waals surface area contributed by atoms with Crippen LogP contribution < -0.4 is 0 Å². The van der Waals surface area contributed by atoms with E-state index in [1.165, 1.54) is 0 Å². The van der Waals surface area contributed by atoms with Crippen molar-refractivity contribution in [2.45, 2.75) is 12.8 Å². The molecule has 3 rings (SSSR count). The first-order chi connectivity index (χ1) is 9.65. The highest BCUT2D eigenvalue weighted by atomic mass is 16.4. The van der Waals surface area contributed by atoms with E-state index in [0.29, 0.717) is 19.5 Å². The molecule has 1 aliphatic rings. The maximum atomic E-state index is 12.2. The Morgan fingerprint density at radius 2 is 2.35 bits per heavy atom. The molecule has 0 unspecified atom stereocenters.